The van der Waals surface area contributed by atoms with E-state index in [2.05, 4.69) is 0 Å². The lowest BCUT2D eigenvalue weighted by Gasteiger charge is -2.18. The van der Waals surface area contributed by atoms with Crippen LogP contribution in [0.4, 0.5) is 5.69 Å². The molecule has 0 amide bonds. The summed E-state index contributed by atoms with van der Waals surface area (Å²) in [5.74, 6) is 0.257. The Morgan fingerprint density at radius 1 is 1.41 bits per heavy atom. The van der Waals surface area contributed by atoms with Gasteiger partial charge >= 0.3 is 6.72 Å². The van der Waals surface area contributed by atoms with E-state index >= 15 is 0 Å². The highest BCUT2D eigenvalue weighted by Crippen LogP contribution is 2.48. The Bertz CT molecular complexity index is 475. The number of nitro benzene ring substituents is 1. The van der Waals surface area contributed by atoms with Crippen LogP contribution in [-0.2, 0) is 20.9 Å². The zero-order chi connectivity index (χ0) is 13.1. The average molecular weight is 298 g/mol. The lowest BCUT2D eigenvalue weighted by atomic mass is 10.3. The van der Waals surface area contributed by atoms with Gasteiger partial charge in [0.2, 0.25) is 0 Å². The van der Waals surface area contributed by atoms with Gasteiger partial charge in [0.1, 0.15) is 10.8 Å². The van der Waals surface area contributed by atoms with Gasteiger partial charge in [0.05, 0.1) is 4.92 Å². The molecular weight excluding hydrogens is 289 g/mol. The Morgan fingerprint density at radius 3 is 2.41 bits per heavy atom. The molecule has 0 saturated heterocycles. The maximum Gasteiger partial charge on any atom is 0.380 e. The summed E-state index contributed by atoms with van der Waals surface area (Å²) in [7, 11) is 2.72. The SMILES string of the molecule is COP(=S)(OC)Oc1ccc([N+](=O)[O-])c(Cl)c1. The molecule has 1 aromatic rings. The summed E-state index contributed by atoms with van der Waals surface area (Å²) in [5, 5.41) is 10.5. The quantitative estimate of drug-likeness (QED) is 0.472. The van der Waals surface area contributed by atoms with Crippen LogP contribution in [0.15, 0.2) is 18.2 Å². The van der Waals surface area contributed by atoms with Crippen LogP contribution in [0.25, 0.3) is 0 Å². The number of nitrogens with zero attached hydrogens (tertiary/aromatic N) is 1. The van der Waals surface area contributed by atoms with Gasteiger partial charge in [-0.2, -0.15) is 0 Å². The summed E-state index contributed by atoms with van der Waals surface area (Å²) >= 11 is 10.7. The molecule has 0 aromatic heterocycles. The third-order valence-electron chi connectivity index (χ3n) is 1.78. The Labute approximate surface area is 108 Å². The van der Waals surface area contributed by atoms with E-state index in [1.54, 1.807) is 0 Å². The van der Waals surface area contributed by atoms with Gasteiger partial charge in [0.15, 0.2) is 0 Å². The molecule has 0 saturated carbocycles. The van der Waals surface area contributed by atoms with Crippen LogP contribution >= 0.6 is 18.3 Å². The smallest absolute Gasteiger partial charge is 0.380 e. The third kappa shape index (κ3) is 3.62. The first-order chi connectivity index (χ1) is 7.91. The van der Waals surface area contributed by atoms with Gasteiger partial charge in [0.25, 0.3) is 5.69 Å². The van der Waals surface area contributed by atoms with Crippen molar-refractivity contribution >= 4 is 35.8 Å². The van der Waals surface area contributed by atoms with Crippen molar-refractivity contribution < 1.29 is 18.5 Å². The highest BCUT2D eigenvalue weighted by molar-refractivity contribution is 8.07. The van der Waals surface area contributed by atoms with Crippen LogP contribution in [0.5, 0.6) is 5.75 Å². The molecular formula is C8H9ClNO5PS. The fourth-order valence-corrected chi connectivity index (χ4v) is 2.14. The number of nitro groups is 1. The molecule has 0 bridgehead atoms. The van der Waals surface area contributed by atoms with Gasteiger partial charge in [-0.1, -0.05) is 11.6 Å². The number of halogens is 1. The second-order valence-electron chi connectivity index (χ2n) is 2.77. The largest absolute Gasteiger partial charge is 0.424 e. The minimum atomic E-state index is -2.86. The van der Waals surface area contributed by atoms with Crippen LogP contribution in [-0.4, -0.2) is 19.1 Å². The fraction of sp³-hybridized carbons (Fsp3) is 0.250. The van der Waals surface area contributed by atoms with E-state index in [0.717, 1.165) is 0 Å². The molecule has 0 aliphatic rings. The highest BCUT2D eigenvalue weighted by atomic mass is 35.5. The van der Waals surface area contributed by atoms with Crippen molar-refractivity contribution in [3.05, 3.63) is 33.3 Å². The molecule has 0 N–H and O–H groups in total. The fourth-order valence-electron chi connectivity index (χ4n) is 0.971. The number of benzene rings is 1. The van der Waals surface area contributed by atoms with Gasteiger partial charge in [-0.15, -0.1) is 0 Å². The average Bonchev–Trinajstić information content (AvgIpc) is 2.28. The lowest BCUT2D eigenvalue weighted by Crippen LogP contribution is -1.97. The summed E-state index contributed by atoms with van der Waals surface area (Å²) in [6, 6.07) is 3.89. The van der Waals surface area contributed by atoms with E-state index in [4.69, 9.17) is 37.0 Å². The van der Waals surface area contributed by atoms with E-state index in [1.807, 2.05) is 0 Å². The first-order valence-electron chi connectivity index (χ1n) is 4.27. The van der Waals surface area contributed by atoms with Crippen LogP contribution < -0.4 is 4.52 Å². The van der Waals surface area contributed by atoms with Crippen LogP contribution in [0.2, 0.25) is 5.02 Å². The standard InChI is InChI=1S/C8H9ClNO5PS/c1-13-16(17,14-2)15-6-3-4-8(10(11)12)7(9)5-6/h3-5H,1-2H3. The molecule has 1 rings (SSSR count). The molecule has 9 heteroatoms. The van der Waals surface area contributed by atoms with E-state index in [-0.39, 0.29) is 16.5 Å². The molecule has 0 aliphatic carbocycles. The second-order valence-corrected chi connectivity index (χ2v) is 6.33. The summed E-state index contributed by atoms with van der Waals surface area (Å²) < 4.78 is 15.1. The molecule has 0 heterocycles. The van der Waals surface area contributed by atoms with Gasteiger partial charge in [-0.25, -0.2) is 0 Å². The molecule has 0 aliphatic heterocycles. The van der Waals surface area contributed by atoms with Gasteiger partial charge in [-0.3, -0.25) is 10.1 Å². The first-order valence-corrected chi connectivity index (χ1v) is 7.20. The number of rotatable bonds is 5. The summed E-state index contributed by atoms with van der Waals surface area (Å²) in [6.07, 6.45) is 0. The Hall–Kier alpha value is -0.720. The van der Waals surface area contributed by atoms with Gasteiger partial charge < -0.3 is 13.6 Å². The van der Waals surface area contributed by atoms with Crippen molar-refractivity contribution in [2.75, 3.05) is 14.2 Å². The molecule has 0 spiro atoms. The highest BCUT2D eigenvalue weighted by Gasteiger charge is 2.20. The molecule has 0 radical (unpaired) electrons. The minimum Gasteiger partial charge on any atom is -0.424 e. The minimum absolute atomic E-state index is 0.0405. The Balaban J connectivity index is 2.99. The van der Waals surface area contributed by atoms with Crippen molar-refractivity contribution in [3.63, 3.8) is 0 Å². The zero-order valence-corrected chi connectivity index (χ0v) is 11.4. The summed E-state index contributed by atoms with van der Waals surface area (Å²) in [4.78, 5) is 9.96. The predicted molar refractivity (Wildman–Crippen MR) is 67.0 cm³/mol. The van der Waals surface area contributed by atoms with Crippen molar-refractivity contribution in [1.29, 1.82) is 0 Å². The molecule has 6 nitrogen and oxygen atoms in total. The Morgan fingerprint density at radius 2 is 2.00 bits per heavy atom. The molecule has 94 valence electrons. The summed E-state index contributed by atoms with van der Waals surface area (Å²) in [5.41, 5.74) is -0.206. The van der Waals surface area contributed by atoms with Crippen LogP contribution in [0, 0.1) is 10.1 Å². The maximum absolute atomic E-state index is 10.5. The first kappa shape index (κ1) is 14.3. The van der Waals surface area contributed by atoms with Gasteiger partial charge in [0, 0.05) is 38.2 Å². The second kappa shape index (κ2) is 5.75. The van der Waals surface area contributed by atoms with Crippen LogP contribution in [0.3, 0.4) is 0 Å². The topological polar surface area (TPSA) is 70.8 Å². The Kier molecular flexibility index (Phi) is 4.85. The van der Waals surface area contributed by atoms with E-state index in [1.165, 1.54) is 32.4 Å². The summed E-state index contributed by atoms with van der Waals surface area (Å²) in [6.45, 7) is -2.86. The molecule has 0 atom stereocenters. The van der Waals surface area contributed by atoms with Crippen molar-refractivity contribution in [2.24, 2.45) is 0 Å². The van der Waals surface area contributed by atoms with E-state index in [9.17, 15) is 10.1 Å². The van der Waals surface area contributed by atoms with Gasteiger partial charge in [-0.05, 0) is 6.07 Å². The molecule has 1 aromatic carbocycles. The normalized spacial score (nSPS) is 11.2. The van der Waals surface area contributed by atoms with Crippen LogP contribution in [0.1, 0.15) is 0 Å². The van der Waals surface area contributed by atoms with Crippen molar-refractivity contribution in [3.8, 4) is 5.75 Å². The monoisotopic (exact) mass is 297 g/mol. The maximum atomic E-state index is 10.5. The predicted octanol–water partition coefficient (Wildman–Crippen LogP) is 3.14. The zero-order valence-electron chi connectivity index (χ0n) is 8.95. The van der Waals surface area contributed by atoms with E-state index < -0.39 is 11.6 Å². The third-order valence-corrected chi connectivity index (χ3v) is 4.53. The van der Waals surface area contributed by atoms with Crippen molar-refractivity contribution in [2.45, 2.75) is 0 Å². The molecule has 0 unspecified atom stereocenters. The number of hydrogen-bond acceptors (Lipinski definition) is 6. The van der Waals surface area contributed by atoms with Crippen molar-refractivity contribution in [1.82, 2.24) is 0 Å². The lowest BCUT2D eigenvalue weighted by molar-refractivity contribution is -0.384. The van der Waals surface area contributed by atoms with E-state index in [0.29, 0.717) is 0 Å². The number of hydrogen-bond donors (Lipinski definition) is 0. The molecule has 0 fully saturated rings. The molecule has 17 heavy (non-hydrogen) atoms.